The van der Waals surface area contributed by atoms with Gasteiger partial charge in [0.25, 0.3) is 5.69 Å². The van der Waals surface area contributed by atoms with E-state index in [1.54, 1.807) is 20.9 Å². The Balaban J connectivity index is 3.25. The highest BCUT2D eigenvalue weighted by Crippen LogP contribution is 2.26. The molecule has 0 radical (unpaired) electrons. The third kappa shape index (κ3) is 3.72. The molecule has 0 aliphatic rings. The third-order valence-electron chi connectivity index (χ3n) is 2.73. The molecule has 2 N–H and O–H groups in total. The molecule has 8 heteroatoms. The lowest BCUT2D eigenvalue weighted by Crippen LogP contribution is -2.31. The molecule has 0 atom stereocenters. The maximum Gasteiger partial charge on any atom is 0.289 e. The lowest BCUT2D eigenvalue weighted by Gasteiger charge is -2.09. The largest absolute Gasteiger partial charge is 0.318 e. The van der Waals surface area contributed by atoms with E-state index >= 15 is 0 Å². The Morgan fingerprint density at radius 3 is 2.32 bits per heavy atom. The number of rotatable bonds is 6. The third-order valence-corrected chi connectivity index (χ3v) is 4.22. The molecule has 19 heavy (non-hydrogen) atoms. The van der Waals surface area contributed by atoms with Crippen LogP contribution in [-0.2, 0) is 10.0 Å². The first-order valence-electron chi connectivity index (χ1n) is 5.69. The first-order chi connectivity index (χ1) is 8.79. The summed E-state index contributed by atoms with van der Waals surface area (Å²) in [5.41, 5.74) is 0.973. The monoisotopic (exact) mass is 287 g/mol. The number of hydrogen-bond donors (Lipinski definition) is 2. The predicted octanol–water partition coefficient (Wildman–Crippen LogP) is 0.709. The second-order valence-electron chi connectivity index (χ2n) is 4.16. The van der Waals surface area contributed by atoms with Crippen molar-refractivity contribution in [2.75, 3.05) is 20.1 Å². The van der Waals surface area contributed by atoms with Crippen LogP contribution in [0.5, 0.6) is 0 Å². The number of nitrogens with zero attached hydrogens (tertiary/aromatic N) is 1. The first kappa shape index (κ1) is 15.5. The van der Waals surface area contributed by atoms with Crippen molar-refractivity contribution in [1.82, 2.24) is 10.0 Å². The van der Waals surface area contributed by atoms with Gasteiger partial charge in [-0.15, -0.1) is 0 Å². The zero-order valence-electron chi connectivity index (χ0n) is 11.1. The summed E-state index contributed by atoms with van der Waals surface area (Å²) in [6.07, 6.45) is 0. The van der Waals surface area contributed by atoms with E-state index in [4.69, 9.17) is 0 Å². The minimum absolute atomic E-state index is 0.170. The maximum atomic E-state index is 12.1. The maximum absolute atomic E-state index is 12.1. The minimum atomic E-state index is -3.88. The molecule has 0 fully saturated rings. The standard InChI is InChI=1S/C11H17N3O4S/c1-8-6-10(14(15)16)11(7-9(8)2)19(17,18)13-5-4-12-3/h6-7,12-13H,4-5H2,1-3H3. The Labute approximate surface area is 112 Å². The molecule has 0 unspecified atom stereocenters. The van der Waals surface area contributed by atoms with Crippen LogP contribution < -0.4 is 10.0 Å². The van der Waals surface area contributed by atoms with Gasteiger partial charge in [0.15, 0.2) is 4.90 Å². The van der Waals surface area contributed by atoms with E-state index in [9.17, 15) is 18.5 Å². The number of nitro groups is 1. The van der Waals surface area contributed by atoms with E-state index in [1.165, 1.54) is 12.1 Å². The van der Waals surface area contributed by atoms with Crippen molar-refractivity contribution >= 4 is 15.7 Å². The number of nitrogens with one attached hydrogen (secondary N) is 2. The van der Waals surface area contributed by atoms with Crippen LogP contribution in [0.1, 0.15) is 11.1 Å². The van der Waals surface area contributed by atoms with Gasteiger partial charge in [0.2, 0.25) is 10.0 Å². The molecular weight excluding hydrogens is 270 g/mol. The zero-order valence-corrected chi connectivity index (χ0v) is 11.9. The van der Waals surface area contributed by atoms with Crippen LogP contribution in [0.3, 0.4) is 0 Å². The predicted molar refractivity (Wildman–Crippen MR) is 71.7 cm³/mol. The molecule has 0 aromatic heterocycles. The van der Waals surface area contributed by atoms with Gasteiger partial charge in [-0.3, -0.25) is 10.1 Å². The molecule has 0 saturated carbocycles. The quantitative estimate of drug-likeness (QED) is 0.456. The van der Waals surface area contributed by atoms with Gasteiger partial charge in [0.1, 0.15) is 0 Å². The molecule has 0 aliphatic heterocycles. The fourth-order valence-electron chi connectivity index (χ4n) is 1.52. The van der Waals surface area contributed by atoms with Crippen molar-refractivity contribution in [1.29, 1.82) is 0 Å². The smallest absolute Gasteiger partial charge is 0.289 e. The van der Waals surface area contributed by atoms with Crippen LogP contribution in [0.4, 0.5) is 5.69 Å². The highest BCUT2D eigenvalue weighted by atomic mass is 32.2. The lowest BCUT2D eigenvalue weighted by molar-refractivity contribution is -0.387. The molecule has 1 aromatic carbocycles. The normalized spacial score (nSPS) is 11.5. The molecule has 1 aromatic rings. The molecule has 0 heterocycles. The number of likely N-dealkylation sites (N-methyl/N-ethyl adjacent to an activating group) is 1. The van der Waals surface area contributed by atoms with Crippen molar-refractivity contribution in [3.05, 3.63) is 33.4 Å². The Morgan fingerprint density at radius 2 is 1.79 bits per heavy atom. The fraction of sp³-hybridized carbons (Fsp3) is 0.455. The summed E-state index contributed by atoms with van der Waals surface area (Å²) >= 11 is 0. The average molecular weight is 287 g/mol. The SMILES string of the molecule is CNCCNS(=O)(=O)c1cc(C)c(C)cc1[N+](=O)[O-]. The van der Waals surface area contributed by atoms with Crippen molar-refractivity contribution in [3.63, 3.8) is 0 Å². The van der Waals surface area contributed by atoms with E-state index in [-0.39, 0.29) is 11.4 Å². The number of nitro benzene ring substituents is 1. The number of sulfonamides is 1. The summed E-state index contributed by atoms with van der Waals surface area (Å²) < 4.78 is 26.4. The number of aryl methyl sites for hydroxylation is 2. The fourth-order valence-corrected chi connectivity index (χ4v) is 2.79. The van der Waals surface area contributed by atoms with Gasteiger partial charge >= 0.3 is 0 Å². The van der Waals surface area contributed by atoms with E-state index < -0.39 is 20.6 Å². The van der Waals surface area contributed by atoms with Gasteiger partial charge in [0.05, 0.1) is 4.92 Å². The van der Waals surface area contributed by atoms with Gasteiger partial charge in [0, 0.05) is 19.2 Å². The van der Waals surface area contributed by atoms with Gasteiger partial charge < -0.3 is 5.32 Å². The molecule has 0 aliphatic carbocycles. The molecular formula is C11H17N3O4S. The van der Waals surface area contributed by atoms with Gasteiger partial charge in [-0.1, -0.05) is 0 Å². The summed E-state index contributed by atoms with van der Waals surface area (Å²) in [6, 6.07) is 2.61. The van der Waals surface area contributed by atoms with Crippen LogP contribution >= 0.6 is 0 Å². The molecule has 1 rings (SSSR count). The van der Waals surface area contributed by atoms with E-state index in [0.29, 0.717) is 17.7 Å². The summed E-state index contributed by atoms with van der Waals surface area (Å²) in [7, 11) is -2.19. The van der Waals surface area contributed by atoms with Crippen molar-refractivity contribution < 1.29 is 13.3 Å². The molecule has 0 spiro atoms. The summed E-state index contributed by atoms with van der Waals surface area (Å²) in [6.45, 7) is 4.03. The first-order valence-corrected chi connectivity index (χ1v) is 7.18. The highest BCUT2D eigenvalue weighted by molar-refractivity contribution is 7.89. The molecule has 0 amide bonds. The van der Waals surface area contributed by atoms with Crippen molar-refractivity contribution in [2.24, 2.45) is 0 Å². The van der Waals surface area contributed by atoms with Gasteiger partial charge in [-0.05, 0) is 38.1 Å². The van der Waals surface area contributed by atoms with Crippen LogP contribution in [0, 0.1) is 24.0 Å². The van der Waals surface area contributed by atoms with E-state index in [2.05, 4.69) is 10.0 Å². The second-order valence-corrected chi connectivity index (χ2v) is 5.90. The Morgan fingerprint density at radius 1 is 1.21 bits per heavy atom. The molecule has 0 saturated heterocycles. The molecule has 0 bridgehead atoms. The van der Waals surface area contributed by atoms with Gasteiger partial charge in [-0.25, -0.2) is 13.1 Å². The Kier molecular flexibility index (Phi) is 4.98. The number of hydrogen-bond acceptors (Lipinski definition) is 5. The number of benzene rings is 1. The van der Waals surface area contributed by atoms with Crippen molar-refractivity contribution in [2.45, 2.75) is 18.7 Å². The molecule has 7 nitrogen and oxygen atoms in total. The highest BCUT2D eigenvalue weighted by Gasteiger charge is 2.26. The summed E-state index contributed by atoms with van der Waals surface area (Å²) in [5.74, 6) is 0. The Bertz CT molecular complexity index is 584. The molecule has 106 valence electrons. The topological polar surface area (TPSA) is 101 Å². The van der Waals surface area contributed by atoms with Crippen molar-refractivity contribution in [3.8, 4) is 0 Å². The summed E-state index contributed by atoms with van der Waals surface area (Å²) in [4.78, 5) is 9.99. The van der Waals surface area contributed by atoms with Crippen LogP contribution in [0.15, 0.2) is 17.0 Å². The average Bonchev–Trinajstić information content (AvgIpc) is 2.31. The summed E-state index contributed by atoms with van der Waals surface area (Å²) in [5, 5.41) is 13.8. The van der Waals surface area contributed by atoms with Crippen LogP contribution in [0.25, 0.3) is 0 Å². The van der Waals surface area contributed by atoms with Crippen LogP contribution in [0.2, 0.25) is 0 Å². The van der Waals surface area contributed by atoms with Crippen LogP contribution in [-0.4, -0.2) is 33.5 Å². The second kappa shape index (κ2) is 6.09. The zero-order chi connectivity index (χ0) is 14.6. The lowest BCUT2D eigenvalue weighted by atomic mass is 10.1. The van der Waals surface area contributed by atoms with E-state index in [0.717, 1.165) is 0 Å². The minimum Gasteiger partial charge on any atom is -0.318 e. The van der Waals surface area contributed by atoms with E-state index in [1.807, 2.05) is 0 Å². The Hall–Kier alpha value is -1.51. The van der Waals surface area contributed by atoms with Gasteiger partial charge in [-0.2, -0.15) is 0 Å².